The second kappa shape index (κ2) is 6.84. The maximum atomic E-state index is 12.3. The quantitative estimate of drug-likeness (QED) is 0.865. The Morgan fingerprint density at radius 2 is 1.74 bits per heavy atom. The first-order valence-corrected chi connectivity index (χ1v) is 8.67. The van der Waals surface area contributed by atoms with Gasteiger partial charge in [0.05, 0.1) is 16.9 Å². The number of benzene rings is 1. The van der Waals surface area contributed by atoms with Gasteiger partial charge in [-0.2, -0.15) is 0 Å². The molecule has 1 aromatic carbocycles. The predicted molar refractivity (Wildman–Crippen MR) is 92.4 cm³/mol. The fourth-order valence-electron chi connectivity index (χ4n) is 2.00. The Bertz CT molecular complexity index is 716. The zero-order chi connectivity index (χ0) is 17.2. The van der Waals surface area contributed by atoms with Crippen LogP contribution in [-0.4, -0.2) is 11.9 Å². The molecule has 1 atom stereocenters. The highest BCUT2D eigenvalue weighted by molar-refractivity contribution is 9.10. The van der Waals surface area contributed by atoms with E-state index in [0.29, 0.717) is 10.4 Å². The third-order valence-corrected chi connectivity index (χ3v) is 5.32. The van der Waals surface area contributed by atoms with Crippen LogP contribution in [-0.2, 0) is 10.2 Å². The largest absolute Gasteiger partial charge is 0.548 e. The highest BCUT2D eigenvalue weighted by Gasteiger charge is 2.21. The summed E-state index contributed by atoms with van der Waals surface area (Å²) in [4.78, 5) is 25.3. The van der Waals surface area contributed by atoms with E-state index in [4.69, 9.17) is 0 Å². The zero-order valence-electron chi connectivity index (χ0n) is 13.1. The van der Waals surface area contributed by atoms with Gasteiger partial charge in [-0.05, 0) is 35.2 Å². The van der Waals surface area contributed by atoms with E-state index in [0.717, 1.165) is 9.35 Å². The molecular weight excluding hydrogens is 378 g/mol. The molecule has 0 aliphatic heterocycles. The van der Waals surface area contributed by atoms with E-state index in [2.05, 4.69) is 42.0 Å². The summed E-state index contributed by atoms with van der Waals surface area (Å²) in [7, 11) is 0. The third-order valence-electron chi connectivity index (χ3n) is 3.28. The Morgan fingerprint density at radius 1 is 1.13 bits per heavy atom. The van der Waals surface area contributed by atoms with E-state index in [-0.39, 0.29) is 5.41 Å². The lowest BCUT2D eigenvalue weighted by Crippen LogP contribution is -2.41. The molecule has 1 heterocycles. The van der Waals surface area contributed by atoms with Crippen molar-refractivity contribution in [3.63, 3.8) is 0 Å². The summed E-state index contributed by atoms with van der Waals surface area (Å²) in [5.41, 5.74) is 0.414. The molecule has 122 valence electrons. The molecule has 0 aliphatic rings. The van der Waals surface area contributed by atoms with Crippen molar-refractivity contribution in [1.29, 1.82) is 0 Å². The first-order chi connectivity index (χ1) is 10.7. The van der Waals surface area contributed by atoms with Gasteiger partial charge in [0, 0.05) is 9.35 Å². The van der Waals surface area contributed by atoms with E-state index < -0.39 is 17.9 Å². The summed E-state index contributed by atoms with van der Waals surface area (Å²) in [5, 5.41) is 13.9. The van der Waals surface area contributed by atoms with Crippen LogP contribution in [0.2, 0.25) is 0 Å². The minimum atomic E-state index is -1.34. The van der Waals surface area contributed by atoms with Crippen LogP contribution in [0.25, 0.3) is 0 Å². The van der Waals surface area contributed by atoms with E-state index in [1.807, 2.05) is 6.07 Å². The van der Waals surface area contributed by atoms with Crippen LogP contribution in [0.5, 0.6) is 0 Å². The Kier molecular flexibility index (Phi) is 5.26. The average Bonchev–Trinajstić information content (AvgIpc) is 2.95. The van der Waals surface area contributed by atoms with Crippen molar-refractivity contribution in [1.82, 2.24) is 5.32 Å². The summed E-state index contributed by atoms with van der Waals surface area (Å²) in [6, 6.07) is 9.15. The van der Waals surface area contributed by atoms with Crippen LogP contribution >= 0.6 is 27.3 Å². The summed E-state index contributed by atoms with van der Waals surface area (Å²) in [5.74, 6) is -1.75. The standard InChI is InChI=1S/C17H18BrNO3S/c1-17(2,3)13-9-8-12(23-13)15(20)19-14(16(21)22)10-4-6-11(18)7-5-10/h4-9,14H,1-3H3,(H,19,20)(H,21,22)/p-1. The molecule has 0 spiro atoms. The Morgan fingerprint density at radius 3 is 2.22 bits per heavy atom. The number of nitrogens with one attached hydrogen (secondary N) is 1. The molecule has 1 amide bonds. The number of carbonyl (C=O) groups is 2. The van der Waals surface area contributed by atoms with Gasteiger partial charge in [-0.25, -0.2) is 0 Å². The molecule has 0 saturated carbocycles. The average molecular weight is 395 g/mol. The highest BCUT2D eigenvalue weighted by atomic mass is 79.9. The lowest BCUT2D eigenvalue weighted by molar-refractivity contribution is -0.308. The first-order valence-electron chi connectivity index (χ1n) is 7.06. The lowest BCUT2D eigenvalue weighted by atomic mass is 9.95. The van der Waals surface area contributed by atoms with Gasteiger partial charge in [0.25, 0.3) is 5.91 Å². The number of halogens is 1. The second-order valence-corrected chi connectivity index (χ2v) is 8.19. The number of carbonyl (C=O) groups excluding carboxylic acids is 2. The number of hydrogen-bond donors (Lipinski definition) is 1. The van der Waals surface area contributed by atoms with Gasteiger partial charge in [-0.15, -0.1) is 11.3 Å². The van der Waals surface area contributed by atoms with Crippen molar-refractivity contribution in [2.75, 3.05) is 0 Å². The smallest absolute Gasteiger partial charge is 0.262 e. The molecule has 6 heteroatoms. The molecule has 2 rings (SSSR count). The number of rotatable bonds is 4. The molecule has 4 nitrogen and oxygen atoms in total. The van der Waals surface area contributed by atoms with Gasteiger partial charge < -0.3 is 15.2 Å². The molecular formula is C17H17BrNO3S-. The topological polar surface area (TPSA) is 69.2 Å². The van der Waals surface area contributed by atoms with Gasteiger partial charge in [0.2, 0.25) is 0 Å². The predicted octanol–water partition coefficient (Wildman–Crippen LogP) is 3.03. The maximum Gasteiger partial charge on any atom is 0.262 e. The number of aliphatic carboxylic acids is 1. The van der Waals surface area contributed by atoms with Crippen LogP contribution in [0.4, 0.5) is 0 Å². The van der Waals surface area contributed by atoms with E-state index >= 15 is 0 Å². The van der Waals surface area contributed by atoms with Crippen LogP contribution in [0.1, 0.15) is 46.9 Å². The Hall–Kier alpha value is -1.66. The zero-order valence-corrected chi connectivity index (χ0v) is 15.5. The summed E-state index contributed by atoms with van der Waals surface area (Å²) < 4.78 is 0.831. The number of amides is 1. The normalized spacial score (nSPS) is 12.7. The fraction of sp³-hybridized carbons (Fsp3) is 0.294. The Labute approximate surface area is 147 Å². The fourth-order valence-corrected chi connectivity index (χ4v) is 3.23. The molecule has 0 fully saturated rings. The maximum absolute atomic E-state index is 12.3. The van der Waals surface area contributed by atoms with Gasteiger partial charge >= 0.3 is 0 Å². The minimum Gasteiger partial charge on any atom is -0.548 e. The molecule has 23 heavy (non-hydrogen) atoms. The van der Waals surface area contributed by atoms with Gasteiger partial charge in [0.1, 0.15) is 0 Å². The SMILES string of the molecule is CC(C)(C)c1ccc(C(=O)NC(C(=O)[O-])c2ccc(Br)cc2)s1. The summed E-state index contributed by atoms with van der Waals surface area (Å²) in [6.07, 6.45) is 0. The molecule has 1 N–H and O–H groups in total. The van der Waals surface area contributed by atoms with Crippen molar-refractivity contribution in [2.45, 2.75) is 32.2 Å². The molecule has 0 bridgehead atoms. The number of carboxylic acid groups (broad SMARTS) is 1. The lowest BCUT2D eigenvalue weighted by Gasteiger charge is -2.20. The van der Waals surface area contributed by atoms with Gasteiger partial charge in [0.15, 0.2) is 0 Å². The van der Waals surface area contributed by atoms with Crippen LogP contribution < -0.4 is 10.4 Å². The van der Waals surface area contributed by atoms with E-state index in [9.17, 15) is 14.7 Å². The number of hydrogen-bond acceptors (Lipinski definition) is 4. The van der Waals surface area contributed by atoms with E-state index in [1.165, 1.54) is 11.3 Å². The van der Waals surface area contributed by atoms with Gasteiger partial charge in [-0.3, -0.25) is 4.79 Å². The molecule has 1 unspecified atom stereocenters. The first kappa shape index (κ1) is 17.7. The minimum absolute atomic E-state index is 0.0529. The summed E-state index contributed by atoms with van der Waals surface area (Å²) >= 11 is 4.66. The van der Waals surface area contributed by atoms with Crippen LogP contribution in [0, 0.1) is 0 Å². The molecule has 2 aromatic rings. The molecule has 0 radical (unpaired) electrons. The van der Waals surface area contributed by atoms with Crippen molar-refractivity contribution in [2.24, 2.45) is 0 Å². The highest BCUT2D eigenvalue weighted by Crippen LogP contribution is 2.29. The van der Waals surface area contributed by atoms with Gasteiger partial charge in [-0.1, -0.05) is 48.8 Å². The van der Waals surface area contributed by atoms with Crippen molar-refractivity contribution >= 4 is 39.1 Å². The van der Waals surface area contributed by atoms with Crippen LogP contribution in [0.15, 0.2) is 40.9 Å². The molecule has 1 aromatic heterocycles. The summed E-state index contributed by atoms with van der Waals surface area (Å²) in [6.45, 7) is 6.19. The third kappa shape index (κ3) is 4.42. The molecule has 0 aliphatic carbocycles. The Balaban J connectivity index is 2.20. The van der Waals surface area contributed by atoms with Crippen molar-refractivity contribution in [3.05, 3.63) is 56.2 Å². The van der Waals surface area contributed by atoms with Crippen LogP contribution in [0.3, 0.4) is 0 Å². The van der Waals surface area contributed by atoms with E-state index in [1.54, 1.807) is 30.3 Å². The number of carboxylic acids is 1. The molecule has 0 saturated heterocycles. The van der Waals surface area contributed by atoms with Crippen molar-refractivity contribution in [3.8, 4) is 0 Å². The monoisotopic (exact) mass is 394 g/mol. The van der Waals surface area contributed by atoms with Crippen molar-refractivity contribution < 1.29 is 14.7 Å². The number of thiophene rings is 1. The second-order valence-electron chi connectivity index (χ2n) is 6.19.